The third kappa shape index (κ3) is 3.37. The summed E-state index contributed by atoms with van der Waals surface area (Å²) in [5.74, 6) is 0.0574. The molecular formula is C10H15NO. The van der Waals surface area contributed by atoms with Crippen molar-refractivity contribution < 1.29 is 4.79 Å². The molecule has 2 heteroatoms. The molecule has 0 atom stereocenters. The normalized spacial score (nSPS) is 15.6. The average molecular weight is 165 g/mol. The number of hydrogen-bond donors (Lipinski definition) is 1. The Morgan fingerprint density at radius 3 is 3.00 bits per heavy atom. The molecule has 0 bridgehead atoms. The Balaban J connectivity index is 2.14. The lowest BCUT2D eigenvalue weighted by Gasteiger charge is -2.07. The van der Waals surface area contributed by atoms with Gasteiger partial charge in [-0.2, -0.15) is 0 Å². The van der Waals surface area contributed by atoms with Crippen molar-refractivity contribution >= 4 is 5.91 Å². The van der Waals surface area contributed by atoms with E-state index < -0.39 is 0 Å². The van der Waals surface area contributed by atoms with Crippen molar-refractivity contribution in [1.29, 1.82) is 0 Å². The first-order valence-corrected chi connectivity index (χ1v) is 4.36. The van der Waals surface area contributed by atoms with Crippen LogP contribution < -0.4 is 5.32 Å². The van der Waals surface area contributed by atoms with Crippen molar-refractivity contribution in [2.24, 2.45) is 0 Å². The maximum Gasteiger partial charge on any atom is 0.216 e. The van der Waals surface area contributed by atoms with E-state index in [9.17, 15) is 4.79 Å². The summed E-state index contributed by atoms with van der Waals surface area (Å²) in [6.45, 7) is 2.32. The molecule has 1 rings (SSSR count). The lowest BCUT2D eigenvalue weighted by atomic mass is 10.0. The van der Waals surface area contributed by atoms with E-state index in [2.05, 4.69) is 23.5 Å². The van der Waals surface area contributed by atoms with Crippen LogP contribution in [0.4, 0.5) is 0 Å². The van der Waals surface area contributed by atoms with Gasteiger partial charge in [0, 0.05) is 13.5 Å². The van der Waals surface area contributed by atoms with Gasteiger partial charge in [0.2, 0.25) is 5.91 Å². The Labute approximate surface area is 73.4 Å². The van der Waals surface area contributed by atoms with Gasteiger partial charge in [-0.3, -0.25) is 4.79 Å². The smallest absolute Gasteiger partial charge is 0.216 e. The van der Waals surface area contributed by atoms with Crippen LogP contribution in [-0.4, -0.2) is 12.5 Å². The van der Waals surface area contributed by atoms with Gasteiger partial charge in [-0.25, -0.2) is 0 Å². The summed E-state index contributed by atoms with van der Waals surface area (Å²) in [6, 6.07) is 0. The van der Waals surface area contributed by atoms with E-state index >= 15 is 0 Å². The zero-order valence-electron chi connectivity index (χ0n) is 7.47. The minimum atomic E-state index is 0.0574. The highest BCUT2D eigenvalue weighted by Crippen LogP contribution is 2.13. The molecule has 1 N–H and O–H groups in total. The van der Waals surface area contributed by atoms with E-state index in [1.54, 1.807) is 6.92 Å². The van der Waals surface area contributed by atoms with Crippen molar-refractivity contribution in [3.05, 3.63) is 23.8 Å². The molecule has 0 fully saturated rings. The van der Waals surface area contributed by atoms with E-state index in [4.69, 9.17) is 0 Å². The third-order valence-corrected chi connectivity index (χ3v) is 1.91. The van der Waals surface area contributed by atoms with Gasteiger partial charge in [-0.1, -0.05) is 23.8 Å². The molecule has 66 valence electrons. The molecule has 1 aliphatic rings. The largest absolute Gasteiger partial charge is 0.356 e. The molecule has 0 aromatic heterocycles. The first kappa shape index (κ1) is 9.04. The molecule has 0 radical (unpaired) electrons. The second-order valence-corrected chi connectivity index (χ2v) is 3.01. The Morgan fingerprint density at radius 1 is 1.58 bits per heavy atom. The SMILES string of the molecule is CC(=O)NCCC1=CCC=CC1. The van der Waals surface area contributed by atoms with E-state index in [-0.39, 0.29) is 5.91 Å². The first-order valence-electron chi connectivity index (χ1n) is 4.36. The molecular weight excluding hydrogens is 150 g/mol. The van der Waals surface area contributed by atoms with E-state index in [0.29, 0.717) is 0 Å². The highest BCUT2D eigenvalue weighted by atomic mass is 16.1. The quantitative estimate of drug-likeness (QED) is 0.635. The fourth-order valence-electron chi connectivity index (χ4n) is 1.25. The molecule has 1 aliphatic carbocycles. The van der Waals surface area contributed by atoms with Crippen LogP contribution in [0.5, 0.6) is 0 Å². The van der Waals surface area contributed by atoms with Crippen LogP contribution in [0.25, 0.3) is 0 Å². The number of hydrogen-bond acceptors (Lipinski definition) is 1. The lowest BCUT2D eigenvalue weighted by Crippen LogP contribution is -2.21. The minimum Gasteiger partial charge on any atom is -0.356 e. The summed E-state index contributed by atoms with van der Waals surface area (Å²) in [6.07, 6.45) is 9.69. The van der Waals surface area contributed by atoms with E-state index in [0.717, 1.165) is 25.8 Å². The molecule has 2 nitrogen and oxygen atoms in total. The van der Waals surface area contributed by atoms with Gasteiger partial charge in [0.05, 0.1) is 0 Å². The van der Waals surface area contributed by atoms with E-state index in [1.165, 1.54) is 5.57 Å². The molecule has 0 saturated heterocycles. The van der Waals surface area contributed by atoms with Crippen LogP contribution in [0.1, 0.15) is 26.2 Å². The maximum absolute atomic E-state index is 10.5. The topological polar surface area (TPSA) is 29.1 Å². The summed E-state index contributed by atoms with van der Waals surface area (Å²) in [7, 11) is 0. The molecule has 1 amide bonds. The Hall–Kier alpha value is -1.05. The maximum atomic E-state index is 10.5. The number of carbonyl (C=O) groups excluding carboxylic acids is 1. The summed E-state index contributed by atoms with van der Waals surface area (Å²) in [5, 5.41) is 2.79. The Bertz CT molecular complexity index is 216. The monoisotopic (exact) mass is 165 g/mol. The molecule has 0 aliphatic heterocycles. The predicted octanol–water partition coefficient (Wildman–Crippen LogP) is 1.79. The number of allylic oxidation sites excluding steroid dienone is 3. The average Bonchev–Trinajstić information content (AvgIpc) is 2.05. The van der Waals surface area contributed by atoms with Crippen LogP contribution in [0.2, 0.25) is 0 Å². The van der Waals surface area contributed by atoms with Crippen LogP contribution in [0.15, 0.2) is 23.8 Å². The fraction of sp³-hybridized carbons (Fsp3) is 0.500. The number of rotatable bonds is 3. The molecule has 12 heavy (non-hydrogen) atoms. The molecule has 0 aromatic rings. The molecule has 0 spiro atoms. The van der Waals surface area contributed by atoms with Gasteiger partial charge >= 0.3 is 0 Å². The number of amides is 1. The predicted molar refractivity (Wildman–Crippen MR) is 49.8 cm³/mol. The van der Waals surface area contributed by atoms with Crippen molar-refractivity contribution in [3.63, 3.8) is 0 Å². The highest BCUT2D eigenvalue weighted by Gasteiger charge is 1.98. The van der Waals surface area contributed by atoms with Crippen LogP contribution in [-0.2, 0) is 4.79 Å². The second-order valence-electron chi connectivity index (χ2n) is 3.01. The van der Waals surface area contributed by atoms with Crippen molar-refractivity contribution in [2.75, 3.05) is 6.54 Å². The van der Waals surface area contributed by atoms with E-state index in [1.807, 2.05) is 0 Å². The van der Waals surface area contributed by atoms with Gasteiger partial charge in [0.1, 0.15) is 0 Å². The molecule has 0 saturated carbocycles. The number of carbonyl (C=O) groups is 1. The summed E-state index contributed by atoms with van der Waals surface area (Å²) < 4.78 is 0. The number of nitrogens with one attached hydrogen (secondary N) is 1. The minimum absolute atomic E-state index is 0.0574. The highest BCUT2D eigenvalue weighted by molar-refractivity contribution is 5.72. The lowest BCUT2D eigenvalue weighted by molar-refractivity contribution is -0.118. The zero-order chi connectivity index (χ0) is 8.81. The summed E-state index contributed by atoms with van der Waals surface area (Å²) in [4.78, 5) is 10.5. The second kappa shape index (κ2) is 4.75. The first-order chi connectivity index (χ1) is 5.79. The molecule has 0 aromatic carbocycles. The third-order valence-electron chi connectivity index (χ3n) is 1.91. The van der Waals surface area contributed by atoms with Crippen molar-refractivity contribution in [1.82, 2.24) is 5.32 Å². The standard InChI is InChI=1S/C10H15NO/c1-9(12)11-8-7-10-5-3-2-4-6-10/h2-3,6H,4-5,7-8H2,1H3,(H,11,12). The molecule has 0 unspecified atom stereocenters. The van der Waals surface area contributed by atoms with Crippen molar-refractivity contribution in [3.8, 4) is 0 Å². The fourth-order valence-corrected chi connectivity index (χ4v) is 1.25. The van der Waals surface area contributed by atoms with Gasteiger partial charge in [0.15, 0.2) is 0 Å². The Kier molecular flexibility index (Phi) is 3.58. The van der Waals surface area contributed by atoms with Crippen LogP contribution in [0.3, 0.4) is 0 Å². The molecule has 0 heterocycles. The van der Waals surface area contributed by atoms with Gasteiger partial charge in [-0.05, 0) is 19.3 Å². The van der Waals surface area contributed by atoms with Crippen LogP contribution >= 0.6 is 0 Å². The Morgan fingerprint density at radius 2 is 2.42 bits per heavy atom. The van der Waals surface area contributed by atoms with Crippen LogP contribution in [0, 0.1) is 0 Å². The van der Waals surface area contributed by atoms with Gasteiger partial charge in [0.25, 0.3) is 0 Å². The zero-order valence-corrected chi connectivity index (χ0v) is 7.47. The van der Waals surface area contributed by atoms with Gasteiger partial charge < -0.3 is 5.32 Å². The summed E-state index contributed by atoms with van der Waals surface area (Å²) >= 11 is 0. The van der Waals surface area contributed by atoms with Gasteiger partial charge in [-0.15, -0.1) is 0 Å². The summed E-state index contributed by atoms with van der Waals surface area (Å²) in [5.41, 5.74) is 1.44. The van der Waals surface area contributed by atoms with Crippen molar-refractivity contribution in [2.45, 2.75) is 26.2 Å².